The van der Waals surface area contributed by atoms with Crippen LogP contribution in [-0.2, 0) is 4.79 Å². The highest BCUT2D eigenvalue weighted by molar-refractivity contribution is 5.90. The third-order valence-corrected chi connectivity index (χ3v) is 4.63. The summed E-state index contributed by atoms with van der Waals surface area (Å²) in [5.74, 6) is 2.15. The van der Waals surface area contributed by atoms with Crippen molar-refractivity contribution in [1.82, 2.24) is 10.1 Å². The largest absolute Gasteiger partial charge is 0.338 e. The van der Waals surface area contributed by atoms with Gasteiger partial charge in [-0.3, -0.25) is 15.0 Å². The van der Waals surface area contributed by atoms with Crippen LogP contribution in [0.25, 0.3) is 0 Å². The molecular weight excluding hydrogens is 254 g/mol. The van der Waals surface area contributed by atoms with Crippen molar-refractivity contribution in [2.75, 3.05) is 25.0 Å². The SMILES string of the molecule is Cc1cc(NC(=O)CN2CCC3CCCCC3C2)on1. The fourth-order valence-corrected chi connectivity index (χ4v) is 3.62. The summed E-state index contributed by atoms with van der Waals surface area (Å²) in [5, 5.41) is 6.54. The van der Waals surface area contributed by atoms with Gasteiger partial charge >= 0.3 is 0 Å². The number of carbonyl (C=O) groups excluding carboxylic acids is 1. The summed E-state index contributed by atoms with van der Waals surface area (Å²) in [6.07, 6.45) is 6.73. The lowest BCUT2D eigenvalue weighted by Crippen LogP contribution is -2.44. The minimum Gasteiger partial charge on any atom is -0.338 e. The molecule has 1 aromatic rings. The molecule has 0 radical (unpaired) electrons. The minimum absolute atomic E-state index is 0.00425. The van der Waals surface area contributed by atoms with Crippen LogP contribution in [0.4, 0.5) is 5.88 Å². The monoisotopic (exact) mass is 277 g/mol. The van der Waals surface area contributed by atoms with Crippen LogP contribution in [0.3, 0.4) is 0 Å². The summed E-state index contributed by atoms with van der Waals surface area (Å²) in [7, 11) is 0. The molecule has 2 aliphatic rings. The van der Waals surface area contributed by atoms with E-state index in [9.17, 15) is 4.79 Å². The second-order valence-corrected chi connectivity index (χ2v) is 6.21. The van der Waals surface area contributed by atoms with E-state index in [0.29, 0.717) is 12.4 Å². The van der Waals surface area contributed by atoms with E-state index in [1.807, 2.05) is 6.92 Å². The molecule has 1 aromatic heterocycles. The lowest BCUT2D eigenvalue weighted by atomic mass is 9.75. The normalized spacial score (nSPS) is 27.1. The van der Waals surface area contributed by atoms with Gasteiger partial charge in [0, 0.05) is 12.6 Å². The van der Waals surface area contributed by atoms with E-state index in [1.54, 1.807) is 6.07 Å². The van der Waals surface area contributed by atoms with E-state index in [0.717, 1.165) is 30.6 Å². The van der Waals surface area contributed by atoms with Gasteiger partial charge in [0.2, 0.25) is 11.8 Å². The number of rotatable bonds is 3. The summed E-state index contributed by atoms with van der Waals surface area (Å²) < 4.78 is 5.01. The van der Waals surface area contributed by atoms with Gasteiger partial charge < -0.3 is 4.52 Å². The first-order valence-corrected chi connectivity index (χ1v) is 7.66. The molecule has 1 saturated heterocycles. The maximum Gasteiger partial charge on any atom is 0.240 e. The highest BCUT2D eigenvalue weighted by Crippen LogP contribution is 2.35. The number of nitrogens with zero attached hydrogens (tertiary/aromatic N) is 2. The fourth-order valence-electron chi connectivity index (χ4n) is 3.62. The van der Waals surface area contributed by atoms with Gasteiger partial charge in [-0.2, -0.15) is 0 Å². The third kappa shape index (κ3) is 3.20. The van der Waals surface area contributed by atoms with Crippen molar-refractivity contribution in [2.24, 2.45) is 11.8 Å². The van der Waals surface area contributed by atoms with Crippen LogP contribution >= 0.6 is 0 Å². The number of nitrogens with one attached hydrogen (secondary N) is 1. The number of aryl methyl sites for hydroxylation is 1. The van der Waals surface area contributed by atoms with Crippen molar-refractivity contribution in [3.63, 3.8) is 0 Å². The summed E-state index contributed by atoms with van der Waals surface area (Å²) in [6.45, 7) is 4.42. The average Bonchev–Trinajstić information content (AvgIpc) is 2.83. The van der Waals surface area contributed by atoms with Gasteiger partial charge in [-0.15, -0.1) is 0 Å². The molecule has 2 heterocycles. The van der Waals surface area contributed by atoms with Crippen molar-refractivity contribution in [1.29, 1.82) is 0 Å². The Morgan fingerprint density at radius 1 is 1.40 bits per heavy atom. The highest BCUT2D eigenvalue weighted by atomic mass is 16.5. The van der Waals surface area contributed by atoms with Gasteiger partial charge in [0.1, 0.15) is 0 Å². The molecule has 0 bridgehead atoms. The highest BCUT2D eigenvalue weighted by Gasteiger charge is 2.31. The van der Waals surface area contributed by atoms with Crippen molar-refractivity contribution < 1.29 is 9.32 Å². The predicted molar refractivity (Wildman–Crippen MR) is 76.4 cm³/mol. The number of hydrogen-bond acceptors (Lipinski definition) is 4. The molecule has 1 aliphatic heterocycles. The first-order chi connectivity index (χ1) is 9.70. The summed E-state index contributed by atoms with van der Waals surface area (Å²) >= 11 is 0. The Kier molecular flexibility index (Phi) is 4.05. The Morgan fingerprint density at radius 3 is 2.95 bits per heavy atom. The van der Waals surface area contributed by atoms with Gasteiger partial charge in [-0.25, -0.2) is 0 Å². The number of amides is 1. The lowest BCUT2D eigenvalue weighted by Gasteiger charge is -2.40. The molecule has 5 nitrogen and oxygen atoms in total. The second kappa shape index (κ2) is 5.95. The number of anilines is 1. The van der Waals surface area contributed by atoms with Crippen LogP contribution in [0, 0.1) is 18.8 Å². The topological polar surface area (TPSA) is 58.4 Å². The van der Waals surface area contributed by atoms with Crippen molar-refractivity contribution >= 4 is 11.8 Å². The third-order valence-electron chi connectivity index (χ3n) is 4.63. The molecule has 1 amide bonds. The van der Waals surface area contributed by atoms with Gasteiger partial charge in [-0.1, -0.05) is 24.4 Å². The van der Waals surface area contributed by atoms with Gasteiger partial charge in [-0.05, 0) is 38.1 Å². The van der Waals surface area contributed by atoms with Gasteiger partial charge in [0.15, 0.2) is 0 Å². The standard InChI is InChI=1S/C15H23N3O2/c1-11-8-15(20-17-11)16-14(19)10-18-7-6-12-4-2-3-5-13(12)9-18/h8,12-13H,2-7,9-10H2,1H3,(H,16,19). The van der Waals surface area contributed by atoms with Crippen molar-refractivity contribution in [3.05, 3.63) is 11.8 Å². The van der Waals surface area contributed by atoms with E-state index in [-0.39, 0.29) is 5.91 Å². The van der Waals surface area contributed by atoms with Gasteiger partial charge in [0.25, 0.3) is 0 Å². The fraction of sp³-hybridized carbons (Fsp3) is 0.733. The Balaban J connectivity index is 1.49. The number of likely N-dealkylation sites (tertiary alicyclic amines) is 1. The van der Waals surface area contributed by atoms with Crippen LogP contribution < -0.4 is 5.32 Å². The number of aromatic nitrogens is 1. The van der Waals surface area contributed by atoms with E-state index in [2.05, 4.69) is 15.4 Å². The summed E-state index contributed by atoms with van der Waals surface area (Å²) in [5.41, 5.74) is 0.781. The molecule has 1 saturated carbocycles. The summed E-state index contributed by atoms with van der Waals surface area (Å²) in [4.78, 5) is 14.3. The van der Waals surface area contributed by atoms with Crippen LogP contribution in [-0.4, -0.2) is 35.6 Å². The molecule has 0 aromatic carbocycles. The maximum absolute atomic E-state index is 12.0. The van der Waals surface area contributed by atoms with E-state index >= 15 is 0 Å². The number of piperidine rings is 1. The molecule has 20 heavy (non-hydrogen) atoms. The molecule has 1 aliphatic carbocycles. The molecule has 2 atom stereocenters. The smallest absolute Gasteiger partial charge is 0.240 e. The zero-order valence-electron chi connectivity index (χ0n) is 12.1. The van der Waals surface area contributed by atoms with Crippen LogP contribution in [0.15, 0.2) is 10.6 Å². The molecular formula is C15H23N3O2. The summed E-state index contributed by atoms with van der Waals surface area (Å²) in [6, 6.07) is 1.74. The molecule has 2 fully saturated rings. The van der Waals surface area contributed by atoms with Crippen LogP contribution in [0.1, 0.15) is 37.8 Å². The van der Waals surface area contributed by atoms with Crippen LogP contribution in [0.2, 0.25) is 0 Å². The van der Waals surface area contributed by atoms with Crippen molar-refractivity contribution in [3.8, 4) is 0 Å². The zero-order chi connectivity index (χ0) is 13.9. The minimum atomic E-state index is -0.00425. The predicted octanol–water partition coefficient (Wildman–Crippen LogP) is 2.43. The average molecular weight is 277 g/mol. The molecule has 2 unspecified atom stereocenters. The lowest BCUT2D eigenvalue weighted by molar-refractivity contribution is -0.118. The second-order valence-electron chi connectivity index (χ2n) is 6.21. The maximum atomic E-state index is 12.0. The van der Waals surface area contributed by atoms with Crippen LogP contribution in [0.5, 0.6) is 0 Å². The first-order valence-electron chi connectivity index (χ1n) is 7.66. The Hall–Kier alpha value is -1.36. The molecule has 1 N–H and O–H groups in total. The quantitative estimate of drug-likeness (QED) is 0.922. The number of carbonyl (C=O) groups is 1. The molecule has 3 rings (SSSR count). The number of hydrogen-bond donors (Lipinski definition) is 1. The Labute approximate surface area is 119 Å². The van der Waals surface area contributed by atoms with E-state index in [1.165, 1.54) is 32.1 Å². The molecule has 110 valence electrons. The first kappa shape index (κ1) is 13.6. The zero-order valence-corrected chi connectivity index (χ0v) is 12.1. The van der Waals surface area contributed by atoms with Crippen molar-refractivity contribution in [2.45, 2.75) is 39.0 Å². The Bertz CT molecular complexity index is 471. The van der Waals surface area contributed by atoms with E-state index in [4.69, 9.17) is 4.52 Å². The molecule has 5 heteroatoms. The number of fused-ring (bicyclic) bond motifs is 1. The van der Waals surface area contributed by atoms with E-state index < -0.39 is 0 Å². The Morgan fingerprint density at radius 2 is 2.20 bits per heavy atom. The van der Waals surface area contributed by atoms with Gasteiger partial charge in [0.05, 0.1) is 12.2 Å². The molecule has 0 spiro atoms.